The molecule has 0 bridgehead atoms. The van der Waals surface area contributed by atoms with E-state index in [1.807, 2.05) is 18.2 Å². The van der Waals surface area contributed by atoms with Gasteiger partial charge in [-0.3, -0.25) is 0 Å². The molecule has 0 unspecified atom stereocenters. The maximum atomic E-state index is 12.4. The van der Waals surface area contributed by atoms with E-state index in [0.29, 0.717) is 5.02 Å². The molecule has 0 aliphatic carbocycles. The summed E-state index contributed by atoms with van der Waals surface area (Å²) in [5, 5.41) is 10.4. The monoisotopic (exact) mass is 355 g/mol. The summed E-state index contributed by atoms with van der Waals surface area (Å²) >= 11 is 5.86. The molecular weight excluding hydrogens is 338 g/mol. The SMILES string of the molecule is COc1ccc(Cl)cc1S(=O)(=O)NCC[C@H](O)c1ccccc1. The summed E-state index contributed by atoms with van der Waals surface area (Å²) in [6.07, 6.45) is -0.480. The second-order valence-corrected chi connectivity index (χ2v) is 7.08. The van der Waals surface area contributed by atoms with Crippen LogP contribution < -0.4 is 9.46 Å². The van der Waals surface area contributed by atoms with Crippen LogP contribution >= 0.6 is 11.6 Å². The van der Waals surface area contributed by atoms with Crippen molar-refractivity contribution in [2.75, 3.05) is 13.7 Å². The number of benzene rings is 2. The number of hydrogen-bond acceptors (Lipinski definition) is 4. The minimum atomic E-state index is -3.77. The van der Waals surface area contributed by atoms with Gasteiger partial charge in [0.25, 0.3) is 0 Å². The second kappa shape index (κ2) is 7.79. The lowest BCUT2D eigenvalue weighted by atomic mass is 10.1. The molecule has 7 heteroatoms. The fourth-order valence-corrected chi connectivity index (χ4v) is 3.59. The number of nitrogens with one attached hydrogen (secondary N) is 1. The first kappa shape index (κ1) is 17.7. The average Bonchev–Trinajstić information content (AvgIpc) is 2.55. The largest absolute Gasteiger partial charge is 0.495 e. The van der Waals surface area contributed by atoms with Crippen LogP contribution in [0.4, 0.5) is 0 Å². The summed E-state index contributed by atoms with van der Waals surface area (Å²) in [5.74, 6) is 0.213. The van der Waals surface area contributed by atoms with Crippen molar-refractivity contribution in [3.8, 4) is 5.75 Å². The van der Waals surface area contributed by atoms with E-state index in [0.717, 1.165) is 5.56 Å². The number of methoxy groups -OCH3 is 1. The molecule has 0 radical (unpaired) electrons. The van der Waals surface area contributed by atoms with Gasteiger partial charge >= 0.3 is 0 Å². The molecule has 5 nitrogen and oxygen atoms in total. The first-order chi connectivity index (χ1) is 10.9. The molecule has 0 saturated heterocycles. The van der Waals surface area contributed by atoms with Crippen molar-refractivity contribution < 1.29 is 18.3 Å². The standard InChI is InChI=1S/C16H18ClNO4S/c1-22-15-8-7-13(17)11-16(15)23(20,21)18-10-9-14(19)12-5-3-2-4-6-12/h2-8,11,14,18-19H,9-10H2,1H3/t14-/m0/s1. The van der Waals surface area contributed by atoms with Gasteiger partial charge in [-0.2, -0.15) is 0 Å². The smallest absolute Gasteiger partial charge is 0.244 e. The van der Waals surface area contributed by atoms with Crippen molar-refractivity contribution in [1.29, 1.82) is 0 Å². The highest BCUT2D eigenvalue weighted by atomic mass is 35.5. The zero-order valence-corrected chi connectivity index (χ0v) is 14.1. The predicted molar refractivity (Wildman–Crippen MR) is 89.2 cm³/mol. The molecule has 0 aromatic heterocycles. The molecule has 0 heterocycles. The lowest BCUT2D eigenvalue weighted by Gasteiger charge is -2.13. The van der Waals surface area contributed by atoms with Gasteiger partial charge in [0.2, 0.25) is 10.0 Å². The van der Waals surface area contributed by atoms with E-state index < -0.39 is 16.1 Å². The molecule has 2 N–H and O–H groups in total. The highest BCUT2D eigenvalue weighted by molar-refractivity contribution is 7.89. The molecule has 0 aliphatic heterocycles. The Hall–Kier alpha value is -1.60. The van der Waals surface area contributed by atoms with Crippen molar-refractivity contribution in [2.24, 2.45) is 0 Å². The van der Waals surface area contributed by atoms with E-state index >= 15 is 0 Å². The van der Waals surface area contributed by atoms with Gasteiger partial charge in [0, 0.05) is 11.6 Å². The number of hydrogen-bond donors (Lipinski definition) is 2. The zero-order chi connectivity index (χ0) is 16.9. The lowest BCUT2D eigenvalue weighted by molar-refractivity contribution is 0.169. The molecule has 2 aromatic rings. The van der Waals surface area contributed by atoms with E-state index in [9.17, 15) is 13.5 Å². The lowest BCUT2D eigenvalue weighted by Crippen LogP contribution is -2.26. The predicted octanol–water partition coefficient (Wildman–Crippen LogP) is 2.75. The van der Waals surface area contributed by atoms with E-state index in [2.05, 4.69) is 4.72 Å². The molecule has 0 spiro atoms. The highest BCUT2D eigenvalue weighted by Crippen LogP contribution is 2.27. The fraction of sp³-hybridized carbons (Fsp3) is 0.250. The summed E-state index contributed by atoms with van der Waals surface area (Å²) < 4.78 is 32.2. The Bertz CT molecular complexity index is 750. The van der Waals surface area contributed by atoms with E-state index in [1.54, 1.807) is 18.2 Å². The Labute approximate surface area is 140 Å². The van der Waals surface area contributed by atoms with Crippen LogP contribution in [0.1, 0.15) is 18.1 Å². The maximum Gasteiger partial charge on any atom is 0.244 e. The molecule has 0 amide bonds. The minimum Gasteiger partial charge on any atom is -0.495 e. The third-order valence-corrected chi connectivity index (χ3v) is 5.03. The van der Waals surface area contributed by atoms with Gasteiger partial charge in [-0.05, 0) is 30.2 Å². The van der Waals surface area contributed by atoms with Crippen molar-refractivity contribution in [3.63, 3.8) is 0 Å². The summed E-state index contributed by atoms with van der Waals surface area (Å²) in [6.45, 7) is 0.0913. The maximum absolute atomic E-state index is 12.4. The van der Waals surface area contributed by atoms with E-state index in [-0.39, 0.29) is 23.6 Å². The van der Waals surface area contributed by atoms with Crippen LogP contribution in [0, 0.1) is 0 Å². The van der Waals surface area contributed by atoms with E-state index in [4.69, 9.17) is 16.3 Å². The van der Waals surface area contributed by atoms with Crippen LogP contribution in [0.5, 0.6) is 5.75 Å². The van der Waals surface area contributed by atoms with Gasteiger partial charge in [-0.1, -0.05) is 41.9 Å². The molecule has 0 saturated carbocycles. The number of ether oxygens (including phenoxy) is 1. The van der Waals surface area contributed by atoms with Crippen LogP contribution in [-0.4, -0.2) is 27.2 Å². The zero-order valence-electron chi connectivity index (χ0n) is 12.6. The molecular formula is C16H18ClNO4S. The second-order valence-electron chi connectivity index (χ2n) is 4.91. The fourth-order valence-electron chi connectivity index (χ4n) is 2.11. The summed E-state index contributed by atoms with van der Waals surface area (Å²) in [6, 6.07) is 13.5. The number of halogens is 1. The minimum absolute atomic E-state index is 0.0262. The molecule has 2 aromatic carbocycles. The van der Waals surface area contributed by atoms with Gasteiger partial charge in [0.15, 0.2) is 0 Å². The Kier molecular flexibility index (Phi) is 6.01. The highest BCUT2D eigenvalue weighted by Gasteiger charge is 2.20. The normalized spacial score (nSPS) is 12.8. The van der Waals surface area contributed by atoms with Crippen molar-refractivity contribution in [1.82, 2.24) is 4.72 Å². The van der Waals surface area contributed by atoms with Crippen molar-refractivity contribution in [2.45, 2.75) is 17.4 Å². The number of sulfonamides is 1. The molecule has 1 atom stereocenters. The molecule has 2 rings (SSSR count). The van der Waals surface area contributed by atoms with Crippen LogP contribution in [0.2, 0.25) is 5.02 Å². The van der Waals surface area contributed by atoms with Gasteiger partial charge in [-0.25, -0.2) is 13.1 Å². The molecule has 0 aliphatic rings. The van der Waals surface area contributed by atoms with Crippen LogP contribution in [-0.2, 0) is 10.0 Å². The third kappa shape index (κ3) is 4.68. The Morgan fingerprint density at radius 1 is 1.22 bits per heavy atom. The topological polar surface area (TPSA) is 75.6 Å². The Morgan fingerprint density at radius 2 is 1.91 bits per heavy atom. The van der Waals surface area contributed by atoms with Crippen LogP contribution in [0.3, 0.4) is 0 Å². The molecule has 124 valence electrons. The molecule has 0 fully saturated rings. The quantitative estimate of drug-likeness (QED) is 0.800. The number of aliphatic hydroxyl groups is 1. The van der Waals surface area contributed by atoms with Gasteiger partial charge in [0.1, 0.15) is 10.6 Å². The van der Waals surface area contributed by atoms with Gasteiger partial charge in [-0.15, -0.1) is 0 Å². The molecule has 23 heavy (non-hydrogen) atoms. The van der Waals surface area contributed by atoms with Crippen LogP contribution in [0.25, 0.3) is 0 Å². The van der Waals surface area contributed by atoms with Crippen LogP contribution in [0.15, 0.2) is 53.4 Å². The third-order valence-electron chi connectivity index (χ3n) is 3.31. The summed E-state index contributed by atoms with van der Waals surface area (Å²) in [5.41, 5.74) is 0.743. The summed E-state index contributed by atoms with van der Waals surface area (Å²) in [4.78, 5) is -0.0262. The first-order valence-corrected chi connectivity index (χ1v) is 8.86. The Morgan fingerprint density at radius 3 is 2.57 bits per heavy atom. The van der Waals surface area contributed by atoms with E-state index in [1.165, 1.54) is 19.2 Å². The number of aliphatic hydroxyl groups excluding tert-OH is 1. The van der Waals surface area contributed by atoms with Crippen molar-refractivity contribution in [3.05, 3.63) is 59.1 Å². The average molecular weight is 356 g/mol. The summed E-state index contributed by atoms with van der Waals surface area (Å²) in [7, 11) is -2.38. The first-order valence-electron chi connectivity index (χ1n) is 7.00. The Balaban J connectivity index is 2.04. The van der Waals surface area contributed by atoms with Crippen molar-refractivity contribution >= 4 is 21.6 Å². The van der Waals surface area contributed by atoms with Gasteiger partial charge in [0.05, 0.1) is 13.2 Å². The van der Waals surface area contributed by atoms with Gasteiger partial charge < -0.3 is 9.84 Å². The number of rotatable bonds is 7.